The highest BCUT2D eigenvalue weighted by atomic mass is 35.5. The van der Waals surface area contributed by atoms with Crippen LogP contribution in [0.1, 0.15) is 29.6 Å². The number of carbonyl (C=O) groups is 1. The number of amides is 1. The van der Waals surface area contributed by atoms with Crippen molar-refractivity contribution in [3.8, 4) is 0 Å². The first kappa shape index (κ1) is 16.1. The van der Waals surface area contributed by atoms with Crippen LogP contribution in [0.5, 0.6) is 0 Å². The molecule has 0 bridgehead atoms. The van der Waals surface area contributed by atoms with Gasteiger partial charge in [-0.05, 0) is 49.6 Å². The molecule has 1 saturated heterocycles. The van der Waals surface area contributed by atoms with Gasteiger partial charge in [-0.3, -0.25) is 4.79 Å². The number of halogens is 2. The van der Waals surface area contributed by atoms with Crippen molar-refractivity contribution in [3.63, 3.8) is 0 Å². The summed E-state index contributed by atoms with van der Waals surface area (Å²) in [6.07, 6.45) is 5.27. The molecule has 2 heterocycles. The first-order chi connectivity index (χ1) is 11.1. The Kier molecular flexibility index (Phi) is 5.03. The van der Waals surface area contributed by atoms with Gasteiger partial charge in [0.2, 0.25) is 0 Å². The number of benzene rings is 1. The Hall–Kier alpha value is -1.78. The second kappa shape index (κ2) is 7.20. The van der Waals surface area contributed by atoms with Crippen molar-refractivity contribution < 1.29 is 4.79 Å². The molecule has 2 aromatic rings. The number of nitrogens with one attached hydrogen (secondary N) is 1. The summed E-state index contributed by atoms with van der Waals surface area (Å²) in [7, 11) is 0. The number of anilines is 2. The van der Waals surface area contributed by atoms with Crippen LogP contribution in [0.3, 0.4) is 0 Å². The van der Waals surface area contributed by atoms with Crippen LogP contribution < -0.4 is 10.2 Å². The number of carbonyl (C=O) groups excluding carboxylic acids is 1. The smallest absolute Gasteiger partial charge is 0.255 e. The van der Waals surface area contributed by atoms with E-state index in [1.54, 1.807) is 30.5 Å². The molecule has 3 rings (SSSR count). The molecule has 0 atom stereocenters. The molecule has 0 radical (unpaired) electrons. The normalized spacial score (nSPS) is 14.6. The van der Waals surface area contributed by atoms with E-state index in [-0.39, 0.29) is 5.91 Å². The minimum absolute atomic E-state index is 0.191. The van der Waals surface area contributed by atoms with Gasteiger partial charge in [-0.15, -0.1) is 0 Å². The molecule has 1 aliphatic rings. The molecule has 1 fully saturated rings. The summed E-state index contributed by atoms with van der Waals surface area (Å²) in [6, 6.07) is 8.55. The maximum Gasteiger partial charge on any atom is 0.255 e. The van der Waals surface area contributed by atoms with E-state index in [0.29, 0.717) is 21.3 Å². The lowest BCUT2D eigenvalue weighted by Gasteiger charge is -2.27. The van der Waals surface area contributed by atoms with Gasteiger partial charge < -0.3 is 10.2 Å². The molecule has 120 valence electrons. The predicted octanol–water partition coefficient (Wildman–Crippen LogP) is 4.63. The summed E-state index contributed by atoms with van der Waals surface area (Å²) in [5, 5.41) is 3.70. The van der Waals surface area contributed by atoms with E-state index in [0.717, 1.165) is 18.9 Å². The fourth-order valence-electron chi connectivity index (χ4n) is 2.63. The number of hydrogen-bond acceptors (Lipinski definition) is 3. The van der Waals surface area contributed by atoms with E-state index in [2.05, 4.69) is 15.2 Å². The third-order valence-corrected chi connectivity index (χ3v) is 4.60. The molecule has 1 aliphatic heterocycles. The van der Waals surface area contributed by atoms with Gasteiger partial charge in [-0.2, -0.15) is 0 Å². The van der Waals surface area contributed by atoms with Gasteiger partial charge in [0.25, 0.3) is 5.91 Å². The van der Waals surface area contributed by atoms with Crippen molar-refractivity contribution in [2.45, 2.75) is 19.3 Å². The van der Waals surface area contributed by atoms with Gasteiger partial charge in [0.15, 0.2) is 0 Å². The van der Waals surface area contributed by atoms with Gasteiger partial charge in [0, 0.05) is 30.5 Å². The summed E-state index contributed by atoms with van der Waals surface area (Å²) >= 11 is 11.9. The van der Waals surface area contributed by atoms with E-state index >= 15 is 0 Å². The van der Waals surface area contributed by atoms with Gasteiger partial charge in [-0.1, -0.05) is 23.2 Å². The molecule has 6 heteroatoms. The van der Waals surface area contributed by atoms with Crippen molar-refractivity contribution >= 4 is 40.6 Å². The Balaban J connectivity index is 1.75. The molecule has 0 saturated carbocycles. The van der Waals surface area contributed by atoms with Crippen LogP contribution in [0.2, 0.25) is 10.0 Å². The molecular weight excluding hydrogens is 333 g/mol. The molecule has 0 spiro atoms. The third kappa shape index (κ3) is 3.95. The summed E-state index contributed by atoms with van der Waals surface area (Å²) in [4.78, 5) is 19.0. The lowest BCUT2D eigenvalue weighted by molar-refractivity contribution is 0.102. The van der Waals surface area contributed by atoms with Gasteiger partial charge in [0.05, 0.1) is 10.0 Å². The third-order valence-electron chi connectivity index (χ3n) is 3.87. The number of piperidine rings is 1. The van der Waals surface area contributed by atoms with Crippen LogP contribution in [0.15, 0.2) is 36.5 Å². The van der Waals surface area contributed by atoms with Crippen molar-refractivity contribution in [2.75, 3.05) is 23.3 Å². The van der Waals surface area contributed by atoms with Crippen LogP contribution in [-0.4, -0.2) is 24.0 Å². The summed E-state index contributed by atoms with van der Waals surface area (Å²) < 4.78 is 0. The van der Waals surface area contributed by atoms with Crippen molar-refractivity contribution in [1.29, 1.82) is 0 Å². The van der Waals surface area contributed by atoms with E-state index in [4.69, 9.17) is 23.2 Å². The van der Waals surface area contributed by atoms with Gasteiger partial charge in [0.1, 0.15) is 5.82 Å². The SMILES string of the molecule is O=C(Nc1ccc(Cl)c(Cl)c1)c1ccnc(N2CCCCC2)c1. The molecule has 1 amide bonds. The number of rotatable bonds is 3. The average molecular weight is 350 g/mol. The summed E-state index contributed by atoms with van der Waals surface area (Å²) in [5.74, 6) is 0.663. The summed E-state index contributed by atoms with van der Waals surface area (Å²) in [6.45, 7) is 1.98. The Morgan fingerprint density at radius 1 is 1.04 bits per heavy atom. The maximum absolute atomic E-state index is 12.4. The minimum Gasteiger partial charge on any atom is -0.357 e. The molecule has 1 aromatic carbocycles. The number of aromatic nitrogens is 1. The van der Waals surface area contributed by atoms with Crippen molar-refractivity contribution in [1.82, 2.24) is 4.98 Å². The van der Waals surface area contributed by atoms with Crippen molar-refractivity contribution in [3.05, 3.63) is 52.1 Å². The zero-order valence-corrected chi connectivity index (χ0v) is 14.1. The van der Waals surface area contributed by atoms with E-state index in [9.17, 15) is 4.79 Å². The maximum atomic E-state index is 12.4. The topological polar surface area (TPSA) is 45.2 Å². The first-order valence-electron chi connectivity index (χ1n) is 7.61. The van der Waals surface area contributed by atoms with Gasteiger partial charge in [-0.25, -0.2) is 4.98 Å². The molecule has 1 aromatic heterocycles. The van der Waals surface area contributed by atoms with E-state index < -0.39 is 0 Å². The minimum atomic E-state index is -0.191. The number of hydrogen-bond donors (Lipinski definition) is 1. The van der Waals surface area contributed by atoms with Gasteiger partial charge >= 0.3 is 0 Å². The first-order valence-corrected chi connectivity index (χ1v) is 8.36. The Bertz CT molecular complexity index is 715. The largest absolute Gasteiger partial charge is 0.357 e. The van der Waals surface area contributed by atoms with E-state index in [1.165, 1.54) is 19.3 Å². The standard InChI is InChI=1S/C17H17Cl2N3O/c18-14-5-4-13(11-15(14)19)21-17(23)12-6-7-20-16(10-12)22-8-2-1-3-9-22/h4-7,10-11H,1-3,8-9H2,(H,21,23). The second-order valence-electron chi connectivity index (χ2n) is 5.53. The molecule has 0 unspecified atom stereocenters. The second-order valence-corrected chi connectivity index (χ2v) is 6.35. The monoisotopic (exact) mass is 349 g/mol. The highest BCUT2D eigenvalue weighted by Gasteiger charge is 2.14. The molecule has 0 aliphatic carbocycles. The highest BCUT2D eigenvalue weighted by molar-refractivity contribution is 6.42. The van der Waals surface area contributed by atoms with E-state index in [1.807, 2.05) is 6.07 Å². The predicted molar refractivity (Wildman–Crippen MR) is 94.7 cm³/mol. The number of nitrogens with zero attached hydrogens (tertiary/aromatic N) is 2. The molecule has 4 nitrogen and oxygen atoms in total. The Labute approximate surface area is 145 Å². The van der Waals surface area contributed by atoms with Crippen LogP contribution in [-0.2, 0) is 0 Å². The average Bonchev–Trinajstić information content (AvgIpc) is 2.59. The quantitative estimate of drug-likeness (QED) is 0.878. The summed E-state index contributed by atoms with van der Waals surface area (Å²) in [5.41, 5.74) is 1.19. The van der Waals surface area contributed by atoms with Crippen LogP contribution in [0.4, 0.5) is 11.5 Å². The zero-order chi connectivity index (χ0) is 16.2. The lowest BCUT2D eigenvalue weighted by Crippen LogP contribution is -2.30. The van der Waals surface area contributed by atoms with Crippen LogP contribution >= 0.6 is 23.2 Å². The van der Waals surface area contributed by atoms with Crippen molar-refractivity contribution in [2.24, 2.45) is 0 Å². The Morgan fingerprint density at radius 3 is 2.57 bits per heavy atom. The number of pyridine rings is 1. The zero-order valence-electron chi connectivity index (χ0n) is 12.6. The van der Waals surface area contributed by atoms with Crippen LogP contribution in [0, 0.1) is 0 Å². The highest BCUT2D eigenvalue weighted by Crippen LogP contribution is 2.25. The molecule has 23 heavy (non-hydrogen) atoms. The molecule has 1 N–H and O–H groups in total. The fourth-order valence-corrected chi connectivity index (χ4v) is 2.93. The lowest BCUT2D eigenvalue weighted by atomic mass is 10.1. The van der Waals surface area contributed by atoms with Crippen LogP contribution in [0.25, 0.3) is 0 Å². The fraction of sp³-hybridized carbons (Fsp3) is 0.294. The Morgan fingerprint density at radius 2 is 1.83 bits per heavy atom. The molecular formula is C17H17Cl2N3O.